The van der Waals surface area contributed by atoms with E-state index in [1.165, 1.54) is 11.3 Å². The highest BCUT2D eigenvalue weighted by Crippen LogP contribution is 2.44. The van der Waals surface area contributed by atoms with Crippen molar-refractivity contribution in [3.63, 3.8) is 0 Å². The molecule has 1 aliphatic rings. The maximum absolute atomic E-state index is 6.02. The van der Waals surface area contributed by atoms with Crippen LogP contribution < -0.4 is 5.32 Å². The molecule has 2 rings (SSSR count). The third kappa shape index (κ3) is 3.98. The maximum Gasteiger partial charge on any atom is 0.0713 e. The minimum absolute atomic E-state index is 0.173. The summed E-state index contributed by atoms with van der Waals surface area (Å²) >= 11 is 0. The van der Waals surface area contributed by atoms with Crippen molar-refractivity contribution in [1.29, 1.82) is 0 Å². The second-order valence-corrected chi connectivity index (χ2v) is 7.10. The molecule has 1 N–H and O–H groups in total. The number of rotatable bonds is 7. The molecule has 3 nitrogen and oxygen atoms in total. The zero-order valence-electron chi connectivity index (χ0n) is 14.0. The predicted molar refractivity (Wildman–Crippen MR) is 87.5 cm³/mol. The van der Waals surface area contributed by atoms with Crippen LogP contribution in [0.4, 0.5) is 5.69 Å². The normalized spacial score (nSPS) is 23.9. The number of hydrogen-bond donors (Lipinski definition) is 1. The summed E-state index contributed by atoms with van der Waals surface area (Å²) in [5, 5.41) is 3.65. The quantitative estimate of drug-likeness (QED) is 0.821. The average molecular weight is 291 g/mol. The zero-order valence-corrected chi connectivity index (χ0v) is 14.0. The molecule has 21 heavy (non-hydrogen) atoms. The van der Waals surface area contributed by atoms with E-state index in [9.17, 15) is 0 Å². The third-order valence-electron chi connectivity index (χ3n) is 4.39. The van der Waals surface area contributed by atoms with Crippen molar-refractivity contribution in [3.05, 3.63) is 29.8 Å². The van der Waals surface area contributed by atoms with E-state index in [2.05, 4.69) is 57.3 Å². The number of nitrogens with one attached hydrogen (secondary N) is 1. The Labute approximate surface area is 129 Å². The van der Waals surface area contributed by atoms with E-state index in [0.29, 0.717) is 24.7 Å². The van der Waals surface area contributed by atoms with Gasteiger partial charge in [0.1, 0.15) is 0 Å². The Kier molecular flexibility index (Phi) is 5.28. The van der Waals surface area contributed by atoms with Crippen molar-refractivity contribution < 1.29 is 9.47 Å². The molecule has 0 aromatic heterocycles. The molecule has 0 saturated heterocycles. The van der Waals surface area contributed by atoms with Crippen molar-refractivity contribution in [2.24, 2.45) is 11.3 Å². The molecular formula is C18H29NO2. The monoisotopic (exact) mass is 291 g/mol. The molecule has 1 fully saturated rings. The lowest BCUT2D eigenvalue weighted by Gasteiger charge is -2.52. The van der Waals surface area contributed by atoms with Crippen LogP contribution in [0.3, 0.4) is 0 Å². The van der Waals surface area contributed by atoms with Gasteiger partial charge in [0.15, 0.2) is 0 Å². The fourth-order valence-corrected chi connectivity index (χ4v) is 2.84. The number of anilines is 1. The van der Waals surface area contributed by atoms with E-state index in [0.717, 1.165) is 13.0 Å². The molecule has 0 aliphatic heterocycles. The first-order chi connectivity index (χ1) is 9.93. The van der Waals surface area contributed by atoms with Gasteiger partial charge < -0.3 is 14.8 Å². The smallest absolute Gasteiger partial charge is 0.0713 e. The van der Waals surface area contributed by atoms with Gasteiger partial charge in [-0.3, -0.25) is 0 Å². The summed E-state index contributed by atoms with van der Waals surface area (Å²) in [4.78, 5) is 0. The van der Waals surface area contributed by atoms with Gasteiger partial charge in [0.25, 0.3) is 0 Å². The fraction of sp³-hybridized carbons (Fsp3) is 0.667. The standard InChI is InChI=1S/C18H29NO2/c1-13(2)11-21-17-10-16(18(17,3)4)19-15-8-6-7-14(9-15)12-20-5/h6-9,13,16-17,19H,10-12H2,1-5H3. The lowest BCUT2D eigenvalue weighted by Crippen LogP contribution is -2.58. The summed E-state index contributed by atoms with van der Waals surface area (Å²) in [5.74, 6) is 0.596. The maximum atomic E-state index is 6.02. The molecule has 1 aliphatic carbocycles. The third-order valence-corrected chi connectivity index (χ3v) is 4.39. The number of benzene rings is 1. The SMILES string of the molecule is COCc1cccc(NC2CC(OCC(C)C)C2(C)C)c1. The summed E-state index contributed by atoms with van der Waals surface area (Å²) in [7, 11) is 1.73. The molecular weight excluding hydrogens is 262 g/mol. The molecule has 3 heteroatoms. The van der Waals surface area contributed by atoms with E-state index < -0.39 is 0 Å². The Morgan fingerprint density at radius 3 is 2.71 bits per heavy atom. The summed E-state index contributed by atoms with van der Waals surface area (Å²) in [5.41, 5.74) is 2.55. The van der Waals surface area contributed by atoms with E-state index in [1.54, 1.807) is 7.11 Å². The van der Waals surface area contributed by atoms with Crippen molar-refractivity contribution in [3.8, 4) is 0 Å². The summed E-state index contributed by atoms with van der Waals surface area (Å²) in [6.45, 7) is 10.5. The Morgan fingerprint density at radius 1 is 1.33 bits per heavy atom. The first-order valence-corrected chi connectivity index (χ1v) is 7.89. The van der Waals surface area contributed by atoms with Gasteiger partial charge in [0.05, 0.1) is 12.7 Å². The van der Waals surface area contributed by atoms with Gasteiger partial charge in [0, 0.05) is 30.9 Å². The van der Waals surface area contributed by atoms with Gasteiger partial charge in [-0.1, -0.05) is 39.8 Å². The minimum atomic E-state index is 0.173. The zero-order chi connectivity index (χ0) is 15.5. The van der Waals surface area contributed by atoms with Gasteiger partial charge in [-0.05, 0) is 30.0 Å². The number of hydrogen-bond acceptors (Lipinski definition) is 3. The predicted octanol–water partition coefficient (Wildman–Crippen LogP) is 4.08. The Balaban J connectivity index is 1.91. The fourth-order valence-electron chi connectivity index (χ4n) is 2.84. The van der Waals surface area contributed by atoms with Gasteiger partial charge in [-0.25, -0.2) is 0 Å². The first-order valence-electron chi connectivity index (χ1n) is 7.89. The van der Waals surface area contributed by atoms with Crippen molar-refractivity contribution in [2.45, 2.75) is 52.9 Å². The molecule has 0 amide bonds. The Morgan fingerprint density at radius 2 is 2.10 bits per heavy atom. The van der Waals surface area contributed by atoms with Crippen LogP contribution in [0.15, 0.2) is 24.3 Å². The molecule has 118 valence electrons. The van der Waals surface area contributed by atoms with Crippen LogP contribution in [0.25, 0.3) is 0 Å². The Hall–Kier alpha value is -1.06. The largest absolute Gasteiger partial charge is 0.382 e. The van der Waals surface area contributed by atoms with Crippen LogP contribution in [-0.2, 0) is 16.1 Å². The second kappa shape index (κ2) is 6.80. The molecule has 1 saturated carbocycles. The van der Waals surface area contributed by atoms with Crippen LogP contribution in [-0.4, -0.2) is 25.9 Å². The lowest BCUT2D eigenvalue weighted by atomic mass is 9.64. The van der Waals surface area contributed by atoms with Crippen LogP contribution >= 0.6 is 0 Å². The molecule has 2 atom stereocenters. The Bertz CT molecular complexity index is 456. The van der Waals surface area contributed by atoms with Crippen molar-refractivity contribution in [2.75, 3.05) is 19.0 Å². The molecule has 1 aromatic rings. The highest BCUT2D eigenvalue weighted by molar-refractivity contribution is 5.47. The summed E-state index contributed by atoms with van der Waals surface area (Å²) in [6.07, 6.45) is 1.44. The molecule has 0 spiro atoms. The van der Waals surface area contributed by atoms with E-state index in [4.69, 9.17) is 9.47 Å². The first kappa shape index (κ1) is 16.3. The van der Waals surface area contributed by atoms with Gasteiger partial charge in [0.2, 0.25) is 0 Å². The van der Waals surface area contributed by atoms with Crippen LogP contribution in [0.1, 0.15) is 39.7 Å². The number of methoxy groups -OCH3 is 1. The molecule has 1 aromatic carbocycles. The van der Waals surface area contributed by atoms with E-state index in [1.807, 2.05) is 0 Å². The summed E-state index contributed by atoms with van der Waals surface area (Å²) < 4.78 is 11.2. The van der Waals surface area contributed by atoms with Gasteiger partial charge in [-0.15, -0.1) is 0 Å². The van der Waals surface area contributed by atoms with Gasteiger partial charge >= 0.3 is 0 Å². The van der Waals surface area contributed by atoms with Crippen LogP contribution in [0.5, 0.6) is 0 Å². The van der Waals surface area contributed by atoms with Gasteiger partial charge in [-0.2, -0.15) is 0 Å². The van der Waals surface area contributed by atoms with E-state index >= 15 is 0 Å². The number of ether oxygens (including phenoxy) is 2. The molecule has 0 heterocycles. The van der Waals surface area contributed by atoms with Crippen LogP contribution in [0.2, 0.25) is 0 Å². The second-order valence-electron chi connectivity index (χ2n) is 7.10. The van der Waals surface area contributed by atoms with E-state index in [-0.39, 0.29) is 5.41 Å². The molecule has 0 radical (unpaired) electrons. The molecule has 2 unspecified atom stereocenters. The topological polar surface area (TPSA) is 30.5 Å². The molecule has 0 bridgehead atoms. The highest BCUT2D eigenvalue weighted by Gasteiger charge is 2.49. The average Bonchev–Trinajstić information content (AvgIpc) is 2.42. The van der Waals surface area contributed by atoms with Crippen molar-refractivity contribution >= 4 is 5.69 Å². The highest BCUT2D eigenvalue weighted by atomic mass is 16.5. The lowest BCUT2D eigenvalue weighted by molar-refractivity contribution is -0.108. The van der Waals surface area contributed by atoms with Crippen molar-refractivity contribution in [1.82, 2.24) is 0 Å². The summed E-state index contributed by atoms with van der Waals surface area (Å²) in [6, 6.07) is 8.93. The minimum Gasteiger partial charge on any atom is -0.382 e. The van der Waals surface area contributed by atoms with Crippen LogP contribution in [0, 0.1) is 11.3 Å².